The van der Waals surface area contributed by atoms with Crippen molar-refractivity contribution in [2.75, 3.05) is 5.43 Å². The van der Waals surface area contributed by atoms with Crippen LogP contribution in [0.5, 0.6) is 0 Å². The predicted octanol–water partition coefficient (Wildman–Crippen LogP) is 3.98. The molecule has 0 aliphatic carbocycles. The minimum atomic E-state index is 0.332. The summed E-state index contributed by atoms with van der Waals surface area (Å²) in [7, 11) is 0. The molecule has 18 heavy (non-hydrogen) atoms. The topological polar surface area (TPSA) is 63.8 Å². The molecule has 94 valence electrons. The number of nitrogens with one attached hydrogen (secondary N) is 1. The molecule has 0 spiro atoms. The van der Waals surface area contributed by atoms with Gasteiger partial charge in [-0.2, -0.15) is 0 Å². The van der Waals surface area contributed by atoms with Crippen LogP contribution < -0.4 is 11.3 Å². The molecule has 3 N–H and O–H groups in total. The van der Waals surface area contributed by atoms with Crippen molar-refractivity contribution in [2.45, 2.75) is 9.92 Å². The molecular weight excluding hydrogens is 359 g/mol. The fourth-order valence-electron chi connectivity index (χ4n) is 1.15. The van der Waals surface area contributed by atoms with E-state index in [2.05, 4.69) is 31.3 Å². The molecule has 0 aliphatic rings. The fraction of sp³-hybridized carbons (Fsp3) is 0. The maximum absolute atomic E-state index is 6.09. The second-order valence-corrected chi connectivity index (χ2v) is 5.90. The van der Waals surface area contributed by atoms with Gasteiger partial charge >= 0.3 is 0 Å². The van der Waals surface area contributed by atoms with E-state index in [4.69, 9.17) is 29.0 Å². The van der Waals surface area contributed by atoms with Gasteiger partial charge in [0.05, 0.1) is 9.50 Å². The molecule has 0 saturated carbocycles. The smallest absolute Gasteiger partial charge is 0.238 e. The lowest BCUT2D eigenvalue weighted by molar-refractivity contribution is 1.01. The van der Waals surface area contributed by atoms with Gasteiger partial charge < -0.3 is 0 Å². The Morgan fingerprint density at radius 2 is 2.11 bits per heavy atom. The molecule has 1 aromatic heterocycles. The normalized spacial score (nSPS) is 10.4. The molecule has 0 amide bonds. The Balaban J connectivity index is 2.36. The number of hydrogen-bond acceptors (Lipinski definition) is 5. The number of aromatic nitrogens is 2. The van der Waals surface area contributed by atoms with Gasteiger partial charge in [-0.3, -0.25) is 5.43 Å². The van der Waals surface area contributed by atoms with Crippen molar-refractivity contribution in [2.24, 2.45) is 5.84 Å². The number of nitrogens with two attached hydrogens (primary N) is 1. The number of hydrogen-bond donors (Lipinski definition) is 2. The third kappa shape index (κ3) is 3.27. The maximum atomic E-state index is 6.09. The van der Waals surface area contributed by atoms with Crippen molar-refractivity contribution < 1.29 is 0 Å². The quantitative estimate of drug-likeness (QED) is 0.489. The summed E-state index contributed by atoms with van der Waals surface area (Å²) in [5, 5.41) is 1.92. The summed E-state index contributed by atoms with van der Waals surface area (Å²) < 4.78 is 0.752. The van der Waals surface area contributed by atoms with E-state index in [1.807, 2.05) is 0 Å². The van der Waals surface area contributed by atoms with E-state index in [1.54, 1.807) is 24.4 Å². The van der Waals surface area contributed by atoms with Crippen LogP contribution in [-0.4, -0.2) is 9.97 Å². The van der Waals surface area contributed by atoms with Gasteiger partial charge in [0.25, 0.3) is 0 Å². The molecule has 2 aromatic rings. The number of anilines is 1. The van der Waals surface area contributed by atoms with E-state index in [9.17, 15) is 0 Å². The Labute approximate surface area is 126 Å². The van der Waals surface area contributed by atoms with Gasteiger partial charge in [0.2, 0.25) is 5.95 Å². The Bertz CT molecular complexity index is 582. The van der Waals surface area contributed by atoms with Crippen molar-refractivity contribution >= 4 is 56.8 Å². The van der Waals surface area contributed by atoms with Gasteiger partial charge in [-0.25, -0.2) is 15.8 Å². The Hall–Kier alpha value is -0.530. The van der Waals surface area contributed by atoms with Crippen molar-refractivity contribution in [1.29, 1.82) is 0 Å². The summed E-state index contributed by atoms with van der Waals surface area (Å²) in [6.45, 7) is 0. The van der Waals surface area contributed by atoms with Gasteiger partial charge in [0, 0.05) is 16.1 Å². The van der Waals surface area contributed by atoms with Crippen LogP contribution in [0.25, 0.3) is 0 Å². The van der Waals surface area contributed by atoms with E-state index >= 15 is 0 Å². The van der Waals surface area contributed by atoms with E-state index in [1.165, 1.54) is 11.8 Å². The summed E-state index contributed by atoms with van der Waals surface area (Å²) in [4.78, 5) is 9.01. The zero-order valence-corrected chi connectivity index (χ0v) is 12.7. The molecule has 2 rings (SSSR count). The first kappa shape index (κ1) is 13.9. The van der Waals surface area contributed by atoms with Crippen LogP contribution in [0.1, 0.15) is 0 Å². The summed E-state index contributed by atoms with van der Waals surface area (Å²) in [6.07, 6.45) is 1.61. The molecule has 0 bridgehead atoms. The minimum absolute atomic E-state index is 0.332. The van der Waals surface area contributed by atoms with Crippen LogP contribution in [0.4, 0.5) is 5.95 Å². The van der Waals surface area contributed by atoms with Gasteiger partial charge in [0.1, 0.15) is 5.03 Å². The molecule has 0 fully saturated rings. The fourth-order valence-corrected chi connectivity index (χ4v) is 2.90. The SMILES string of the molecule is NNc1ncc(Br)c(Sc2cc(Cl)ccc2Cl)n1. The third-order valence-electron chi connectivity index (χ3n) is 1.94. The first-order valence-electron chi connectivity index (χ1n) is 4.72. The highest BCUT2D eigenvalue weighted by Gasteiger charge is 2.09. The van der Waals surface area contributed by atoms with E-state index in [-0.39, 0.29) is 0 Å². The summed E-state index contributed by atoms with van der Waals surface area (Å²) in [6, 6.07) is 5.25. The molecule has 0 unspecified atom stereocenters. The van der Waals surface area contributed by atoms with Crippen molar-refractivity contribution in [3.63, 3.8) is 0 Å². The van der Waals surface area contributed by atoms with Crippen molar-refractivity contribution in [3.05, 3.63) is 38.9 Å². The number of halogens is 3. The molecule has 0 radical (unpaired) electrons. The Morgan fingerprint density at radius 1 is 1.33 bits per heavy atom. The van der Waals surface area contributed by atoms with Gasteiger partial charge in [-0.05, 0) is 34.1 Å². The molecule has 0 saturated heterocycles. The van der Waals surface area contributed by atoms with Gasteiger partial charge in [-0.15, -0.1) is 0 Å². The maximum Gasteiger partial charge on any atom is 0.238 e. The summed E-state index contributed by atoms with van der Waals surface area (Å²) in [5.74, 6) is 5.60. The first-order valence-corrected chi connectivity index (χ1v) is 7.09. The highest BCUT2D eigenvalue weighted by atomic mass is 79.9. The molecule has 1 heterocycles. The van der Waals surface area contributed by atoms with Crippen LogP contribution in [-0.2, 0) is 0 Å². The number of rotatable bonds is 3. The Kier molecular flexibility index (Phi) is 4.69. The number of benzene rings is 1. The minimum Gasteiger partial charge on any atom is -0.292 e. The van der Waals surface area contributed by atoms with Crippen LogP contribution in [0.3, 0.4) is 0 Å². The van der Waals surface area contributed by atoms with Crippen LogP contribution >= 0.6 is 50.9 Å². The second-order valence-electron chi connectivity index (χ2n) is 3.17. The lowest BCUT2D eigenvalue weighted by Gasteiger charge is -2.07. The standard InChI is InChI=1S/C10H7BrCl2N4S/c11-6-4-15-10(17-14)16-9(6)18-8-3-5(12)1-2-7(8)13/h1-4H,14H2,(H,15,16,17). The van der Waals surface area contributed by atoms with E-state index in [0.29, 0.717) is 21.0 Å². The van der Waals surface area contributed by atoms with Crippen LogP contribution in [0.2, 0.25) is 10.0 Å². The van der Waals surface area contributed by atoms with Crippen molar-refractivity contribution in [3.8, 4) is 0 Å². The van der Waals surface area contributed by atoms with Crippen LogP contribution in [0, 0.1) is 0 Å². The summed E-state index contributed by atoms with van der Waals surface area (Å²) in [5.41, 5.74) is 2.39. The highest BCUT2D eigenvalue weighted by molar-refractivity contribution is 9.10. The second kappa shape index (κ2) is 6.08. The summed E-state index contributed by atoms with van der Waals surface area (Å²) >= 11 is 16.8. The number of nitrogens with zero attached hydrogens (tertiary/aromatic N) is 2. The zero-order chi connectivity index (χ0) is 13.1. The lowest BCUT2D eigenvalue weighted by Crippen LogP contribution is -2.10. The molecule has 4 nitrogen and oxygen atoms in total. The lowest BCUT2D eigenvalue weighted by atomic mass is 10.4. The zero-order valence-electron chi connectivity index (χ0n) is 8.82. The third-order valence-corrected chi connectivity index (χ3v) is 4.52. The molecule has 1 aromatic carbocycles. The van der Waals surface area contributed by atoms with Gasteiger partial charge in [-0.1, -0.05) is 35.0 Å². The molecular formula is C10H7BrCl2N4S. The van der Waals surface area contributed by atoms with E-state index < -0.39 is 0 Å². The van der Waals surface area contributed by atoms with Crippen molar-refractivity contribution in [1.82, 2.24) is 9.97 Å². The molecule has 8 heteroatoms. The molecule has 0 atom stereocenters. The average molecular weight is 366 g/mol. The molecule has 0 aliphatic heterocycles. The average Bonchev–Trinajstić information content (AvgIpc) is 2.36. The van der Waals surface area contributed by atoms with Gasteiger partial charge in [0.15, 0.2) is 0 Å². The number of nitrogen functional groups attached to an aromatic ring is 1. The predicted molar refractivity (Wildman–Crippen MR) is 78.1 cm³/mol. The number of hydrazine groups is 1. The van der Waals surface area contributed by atoms with E-state index in [0.717, 1.165) is 9.37 Å². The first-order chi connectivity index (χ1) is 8.60. The largest absolute Gasteiger partial charge is 0.292 e. The van der Waals surface area contributed by atoms with Crippen LogP contribution in [0.15, 0.2) is 38.8 Å². The monoisotopic (exact) mass is 364 g/mol. The highest BCUT2D eigenvalue weighted by Crippen LogP contribution is 2.37. The Morgan fingerprint density at radius 3 is 2.83 bits per heavy atom.